The van der Waals surface area contributed by atoms with Gasteiger partial charge in [-0.15, -0.1) is 11.3 Å². The molecule has 4 nitrogen and oxygen atoms in total. The third-order valence-electron chi connectivity index (χ3n) is 4.48. The lowest BCUT2D eigenvalue weighted by atomic mass is 9.87. The number of rotatable bonds is 5. The van der Waals surface area contributed by atoms with Crippen LogP contribution in [-0.4, -0.2) is 28.3 Å². The molecule has 1 atom stereocenters. The molecule has 0 aliphatic carbocycles. The van der Waals surface area contributed by atoms with E-state index in [0.717, 1.165) is 11.3 Å². The molecule has 1 N–H and O–H groups in total. The van der Waals surface area contributed by atoms with Crippen LogP contribution in [-0.2, 0) is 22.6 Å². The van der Waals surface area contributed by atoms with E-state index >= 15 is 0 Å². The third kappa shape index (κ3) is 2.84. The van der Waals surface area contributed by atoms with Gasteiger partial charge in [0.2, 0.25) is 11.8 Å². The van der Waals surface area contributed by atoms with E-state index in [1.54, 1.807) is 23.2 Å². The molecule has 21 heavy (non-hydrogen) atoms. The van der Waals surface area contributed by atoms with Gasteiger partial charge in [0, 0.05) is 9.75 Å². The molecule has 1 aliphatic rings. The molecule has 1 aromatic rings. The van der Waals surface area contributed by atoms with Crippen LogP contribution in [0.1, 0.15) is 50.3 Å². The van der Waals surface area contributed by atoms with Gasteiger partial charge >= 0.3 is 0 Å². The molecule has 5 heteroatoms. The molecule has 0 spiro atoms. The molecule has 2 rings (SSSR count). The number of carbonyl (C=O) groups excluding carboxylic acids is 2. The van der Waals surface area contributed by atoms with Crippen molar-refractivity contribution in [3.05, 3.63) is 21.9 Å². The lowest BCUT2D eigenvalue weighted by Crippen LogP contribution is -2.69. The van der Waals surface area contributed by atoms with Gasteiger partial charge in [0.1, 0.15) is 11.6 Å². The van der Waals surface area contributed by atoms with E-state index in [-0.39, 0.29) is 11.8 Å². The first-order valence-corrected chi connectivity index (χ1v) is 8.49. The topological polar surface area (TPSA) is 49.4 Å². The van der Waals surface area contributed by atoms with Gasteiger partial charge in [-0.2, -0.15) is 0 Å². The van der Waals surface area contributed by atoms with Crippen molar-refractivity contribution in [2.75, 3.05) is 0 Å². The number of thiophene rings is 1. The second-order valence-corrected chi connectivity index (χ2v) is 6.86. The Kier molecular flexibility index (Phi) is 4.71. The van der Waals surface area contributed by atoms with Gasteiger partial charge < -0.3 is 10.2 Å². The monoisotopic (exact) mass is 308 g/mol. The zero-order valence-corrected chi connectivity index (χ0v) is 14.0. The van der Waals surface area contributed by atoms with E-state index < -0.39 is 11.6 Å². The molecule has 1 aromatic heterocycles. The van der Waals surface area contributed by atoms with E-state index in [0.29, 0.717) is 19.4 Å². The number of nitrogens with one attached hydrogen (secondary N) is 1. The van der Waals surface area contributed by atoms with Crippen molar-refractivity contribution >= 4 is 23.2 Å². The van der Waals surface area contributed by atoms with E-state index in [1.165, 1.54) is 4.88 Å². The minimum Gasteiger partial charge on any atom is -0.340 e. The highest BCUT2D eigenvalue weighted by Gasteiger charge is 2.47. The second-order valence-electron chi connectivity index (χ2n) is 5.61. The van der Waals surface area contributed by atoms with Crippen molar-refractivity contribution in [1.29, 1.82) is 0 Å². The van der Waals surface area contributed by atoms with Crippen LogP contribution in [0.25, 0.3) is 0 Å². The summed E-state index contributed by atoms with van der Waals surface area (Å²) in [5.41, 5.74) is -0.728. The summed E-state index contributed by atoms with van der Waals surface area (Å²) in [6.07, 6.45) is 2.26. The highest BCUT2D eigenvalue weighted by Crippen LogP contribution is 2.28. The van der Waals surface area contributed by atoms with Gasteiger partial charge in [0.25, 0.3) is 0 Å². The van der Waals surface area contributed by atoms with Crippen molar-refractivity contribution in [3.63, 3.8) is 0 Å². The summed E-state index contributed by atoms with van der Waals surface area (Å²) in [6.45, 7) is 8.36. The van der Waals surface area contributed by atoms with Gasteiger partial charge in [0.15, 0.2) is 0 Å². The first-order chi connectivity index (χ1) is 9.97. The van der Waals surface area contributed by atoms with Crippen LogP contribution >= 0.6 is 11.3 Å². The minimum absolute atomic E-state index is 0.0473. The van der Waals surface area contributed by atoms with E-state index in [1.807, 2.05) is 13.8 Å². The zero-order valence-electron chi connectivity index (χ0n) is 13.2. The maximum absolute atomic E-state index is 12.9. The Hall–Kier alpha value is -1.36. The Morgan fingerprint density at radius 1 is 1.19 bits per heavy atom. The van der Waals surface area contributed by atoms with E-state index in [9.17, 15) is 9.59 Å². The summed E-state index contributed by atoms with van der Waals surface area (Å²) in [6, 6.07) is 3.76. The summed E-state index contributed by atoms with van der Waals surface area (Å²) in [5, 5.41) is 2.93. The SMILES string of the molecule is CCc1ccc(CN2C(=O)C(CC)(CC)NC(=O)C2C)s1. The van der Waals surface area contributed by atoms with Crippen molar-refractivity contribution in [2.45, 2.75) is 65.1 Å². The fraction of sp³-hybridized carbons (Fsp3) is 0.625. The largest absolute Gasteiger partial charge is 0.340 e. The van der Waals surface area contributed by atoms with Gasteiger partial charge in [-0.25, -0.2) is 0 Å². The molecule has 1 unspecified atom stereocenters. The molecule has 1 aliphatic heterocycles. The van der Waals surface area contributed by atoms with Crippen LogP contribution < -0.4 is 5.32 Å². The second kappa shape index (κ2) is 6.18. The number of aryl methyl sites for hydroxylation is 1. The summed E-state index contributed by atoms with van der Waals surface area (Å²) < 4.78 is 0. The normalized spacial score (nSPS) is 21.5. The lowest BCUT2D eigenvalue weighted by molar-refractivity contribution is -0.155. The molecular weight excluding hydrogens is 284 g/mol. The molecule has 116 valence electrons. The fourth-order valence-electron chi connectivity index (χ4n) is 2.79. The highest BCUT2D eigenvalue weighted by molar-refractivity contribution is 7.11. The van der Waals surface area contributed by atoms with Crippen molar-refractivity contribution < 1.29 is 9.59 Å². The summed E-state index contributed by atoms with van der Waals surface area (Å²) in [5.74, 6) is -0.00313. The van der Waals surface area contributed by atoms with Crippen LogP contribution in [0.4, 0.5) is 0 Å². The van der Waals surface area contributed by atoms with Crippen LogP contribution in [0.2, 0.25) is 0 Å². The highest BCUT2D eigenvalue weighted by atomic mass is 32.1. The standard InChI is InChI=1S/C16H24N2O2S/c1-5-12-8-9-13(21-12)10-18-11(4)14(19)17-16(6-2,7-3)15(18)20/h8-9,11H,5-7,10H2,1-4H3,(H,17,19). The molecular formula is C16H24N2O2S. The molecule has 1 saturated heterocycles. The molecule has 2 amide bonds. The predicted molar refractivity (Wildman–Crippen MR) is 85.2 cm³/mol. The Morgan fingerprint density at radius 2 is 1.81 bits per heavy atom. The maximum Gasteiger partial charge on any atom is 0.249 e. The lowest BCUT2D eigenvalue weighted by Gasteiger charge is -2.44. The fourth-order valence-corrected chi connectivity index (χ4v) is 3.75. The number of hydrogen-bond acceptors (Lipinski definition) is 3. The Balaban J connectivity index is 2.26. The van der Waals surface area contributed by atoms with Crippen molar-refractivity contribution in [1.82, 2.24) is 10.2 Å². The summed E-state index contributed by atoms with van der Waals surface area (Å²) in [7, 11) is 0. The van der Waals surface area contributed by atoms with Crippen LogP contribution in [0.3, 0.4) is 0 Å². The van der Waals surface area contributed by atoms with E-state index in [4.69, 9.17) is 0 Å². The molecule has 1 fully saturated rings. The smallest absolute Gasteiger partial charge is 0.249 e. The van der Waals surface area contributed by atoms with Crippen LogP contribution in [0, 0.1) is 0 Å². The van der Waals surface area contributed by atoms with Gasteiger partial charge in [-0.05, 0) is 38.3 Å². The summed E-state index contributed by atoms with van der Waals surface area (Å²) in [4.78, 5) is 29.3. The number of piperazine rings is 1. The Morgan fingerprint density at radius 3 is 2.33 bits per heavy atom. The number of amides is 2. The van der Waals surface area contributed by atoms with Gasteiger partial charge in [-0.3, -0.25) is 9.59 Å². The average molecular weight is 308 g/mol. The molecule has 2 heterocycles. The van der Waals surface area contributed by atoms with Crippen LogP contribution in [0.15, 0.2) is 12.1 Å². The molecule has 0 aromatic carbocycles. The van der Waals surface area contributed by atoms with Crippen LogP contribution in [0.5, 0.6) is 0 Å². The first kappa shape index (κ1) is 16.0. The first-order valence-electron chi connectivity index (χ1n) is 7.68. The molecule has 0 radical (unpaired) electrons. The Labute approximate surface area is 130 Å². The number of nitrogens with zero attached hydrogens (tertiary/aromatic N) is 1. The van der Waals surface area contributed by atoms with Gasteiger partial charge in [0.05, 0.1) is 6.54 Å². The summed E-state index contributed by atoms with van der Waals surface area (Å²) >= 11 is 1.72. The maximum atomic E-state index is 12.9. The van der Waals surface area contributed by atoms with Crippen molar-refractivity contribution in [3.8, 4) is 0 Å². The quantitative estimate of drug-likeness (QED) is 0.909. The minimum atomic E-state index is -0.728. The predicted octanol–water partition coefficient (Wildman–Crippen LogP) is 2.72. The Bertz CT molecular complexity index is 534. The number of carbonyl (C=O) groups is 2. The third-order valence-corrected chi connectivity index (χ3v) is 5.69. The molecule has 0 bridgehead atoms. The number of hydrogen-bond donors (Lipinski definition) is 1. The zero-order chi connectivity index (χ0) is 15.6. The van der Waals surface area contributed by atoms with Gasteiger partial charge in [-0.1, -0.05) is 20.8 Å². The van der Waals surface area contributed by atoms with Crippen molar-refractivity contribution in [2.24, 2.45) is 0 Å². The average Bonchev–Trinajstić information content (AvgIpc) is 2.95. The van der Waals surface area contributed by atoms with E-state index in [2.05, 4.69) is 24.4 Å². The molecule has 0 saturated carbocycles.